The lowest BCUT2D eigenvalue weighted by Crippen LogP contribution is -2.21. The molecule has 1 unspecified atom stereocenters. The van der Waals surface area contributed by atoms with Crippen LogP contribution >= 0.6 is 11.8 Å². The topological polar surface area (TPSA) is 58.2 Å². The highest BCUT2D eigenvalue weighted by Crippen LogP contribution is 2.39. The highest BCUT2D eigenvalue weighted by atomic mass is 32.2. The Morgan fingerprint density at radius 1 is 1.17 bits per heavy atom. The maximum atomic E-state index is 12.7. The molecule has 0 bridgehead atoms. The van der Waals surface area contributed by atoms with E-state index in [0.717, 1.165) is 41.1 Å². The third-order valence-corrected chi connectivity index (χ3v) is 5.70. The number of thioether (sulfide) groups is 1. The van der Waals surface area contributed by atoms with Crippen molar-refractivity contribution < 1.29 is 9.59 Å². The maximum Gasteiger partial charge on any atom is 0.232 e. The standard InChI is InChI=1S/C19H18N2O2S/c22-18-7-3-4-12-10-13(8-9-16(12)21-18)20-19(23)15-11-24-17-6-2-1-5-14(15)17/h1-2,5-6,8-10,15H,3-4,7,11H2,(H,20,23)(H,21,22). The monoisotopic (exact) mass is 338 g/mol. The first kappa shape index (κ1) is 15.3. The lowest BCUT2D eigenvalue weighted by atomic mass is 10.00. The number of aryl methyl sites for hydroxylation is 1. The van der Waals surface area contributed by atoms with E-state index in [2.05, 4.69) is 16.7 Å². The van der Waals surface area contributed by atoms with Gasteiger partial charge >= 0.3 is 0 Å². The van der Waals surface area contributed by atoms with E-state index in [-0.39, 0.29) is 17.7 Å². The quantitative estimate of drug-likeness (QED) is 0.876. The molecule has 0 radical (unpaired) electrons. The molecule has 0 saturated heterocycles. The number of amides is 2. The Hall–Kier alpha value is -2.27. The van der Waals surface area contributed by atoms with Crippen LogP contribution in [0.4, 0.5) is 11.4 Å². The van der Waals surface area contributed by atoms with Crippen LogP contribution in [0.2, 0.25) is 0 Å². The molecule has 4 nitrogen and oxygen atoms in total. The second-order valence-corrected chi connectivity index (χ2v) is 7.23. The summed E-state index contributed by atoms with van der Waals surface area (Å²) < 4.78 is 0. The van der Waals surface area contributed by atoms with Gasteiger partial charge in [-0.1, -0.05) is 18.2 Å². The highest BCUT2D eigenvalue weighted by Gasteiger charge is 2.29. The zero-order valence-corrected chi connectivity index (χ0v) is 14.0. The molecule has 2 aromatic carbocycles. The van der Waals surface area contributed by atoms with Gasteiger partial charge in [0.2, 0.25) is 11.8 Å². The van der Waals surface area contributed by atoms with Crippen LogP contribution < -0.4 is 10.6 Å². The van der Waals surface area contributed by atoms with E-state index in [1.807, 2.05) is 36.4 Å². The SMILES string of the molecule is O=C1CCCc2cc(NC(=O)C3CSc4ccccc43)ccc2N1. The van der Waals surface area contributed by atoms with Crippen molar-refractivity contribution in [1.82, 2.24) is 0 Å². The molecule has 1 atom stereocenters. The molecule has 2 N–H and O–H groups in total. The van der Waals surface area contributed by atoms with E-state index in [0.29, 0.717) is 6.42 Å². The minimum absolute atomic E-state index is 0.0325. The van der Waals surface area contributed by atoms with Crippen molar-refractivity contribution >= 4 is 35.0 Å². The largest absolute Gasteiger partial charge is 0.326 e. The molecule has 2 aromatic rings. The minimum atomic E-state index is -0.107. The molecule has 0 aromatic heterocycles. The lowest BCUT2D eigenvalue weighted by molar-refractivity contribution is -0.117. The third-order valence-electron chi connectivity index (χ3n) is 4.51. The molecule has 5 heteroatoms. The predicted octanol–water partition coefficient (Wildman–Crippen LogP) is 3.79. The second kappa shape index (κ2) is 6.32. The van der Waals surface area contributed by atoms with E-state index in [1.165, 1.54) is 4.90 Å². The van der Waals surface area contributed by atoms with Gasteiger partial charge in [0.15, 0.2) is 0 Å². The van der Waals surface area contributed by atoms with Crippen LogP contribution in [0.25, 0.3) is 0 Å². The summed E-state index contributed by atoms with van der Waals surface area (Å²) in [7, 11) is 0. The molecule has 0 spiro atoms. The molecule has 0 saturated carbocycles. The summed E-state index contributed by atoms with van der Waals surface area (Å²) in [5, 5.41) is 5.96. The number of carbonyl (C=O) groups is 2. The average Bonchev–Trinajstić information content (AvgIpc) is 2.92. The first-order valence-corrected chi connectivity index (χ1v) is 9.14. The van der Waals surface area contributed by atoms with Crippen molar-refractivity contribution in [2.75, 3.05) is 16.4 Å². The predicted molar refractivity (Wildman–Crippen MR) is 96.5 cm³/mol. The molecule has 2 amide bonds. The number of fused-ring (bicyclic) bond motifs is 2. The summed E-state index contributed by atoms with van der Waals surface area (Å²) in [6.45, 7) is 0. The Balaban J connectivity index is 1.53. The molecule has 4 rings (SSSR count). The maximum absolute atomic E-state index is 12.7. The molecule has 0 fully saturated rings. The summed E-state index contributed by atoms with van der Waals surface area (Å²) in [6.07, 6.45) is 2.23. The van der Waals surface area contributed by atoms with Crippen LogP contribution in [-0.2, 0) is 16.0 Å². The average molecular weight is 338 g/mol. The van der Waals surface area contributed by atoms with Crippen LogP contribution in [0.15, 0.2) is 47.4 Å². The normalized spacial score (nSPS) is 19.0. The van der Waals surface area contributed by atoms with Crippen molar-refractivity contribution in [3.63, 3.8) is 0 Å². The number of rotatable bonds is 2. The van der Waals surface area contributed by atoms with Crippen LogP contribution in [0, 0.1) is 0 Å². The Morgan fingerprint density at radius 3 is 2.96 bits per heavy atom. The van der Waals surface area contributed by atoms with Gasteiger partial charge in [-0.05, 0) is 48.2 Å². The Labute approximate surface area is 145 Å². The molecular formula is C19H18N2O2S. The van der Waals surface area contributed by atoms with Crippen molar-refractivity contribution in [3.05, 3.63) is 53.6 Å². The van der Waals surface area contributed by atoms with E-state index < -0.39 is 0 Å². The van der Waals surface area contributed by atoms with Gasteiger partial charge < -0.3 is 10.6 Å². The molecule has 24 heavy (non-hydrogen) atoms. The zero-order valence-electron chi connectivity index (χ0n) is 13.2. The molecule has 2 heterocycles. The van der Waals surface area contributed by atoms with E-state index in [1.54, 1.807) is 11.8 Å². The van der Waals surface area contributed by atoms with Crippen molar-refractivity contribution in [2.24, 2.45) is 0 Å². The number of hydrogen-bond donors (Lipinski definition) is 2. The van der Waals surface area contributed by atoms with Gasteiger partial charge in [-0.2, -0.15) is 0 Å². The number of benzene rings is 2. The van der Waals surface area contributed by atoms with Crippen molar-refractivity contribution in [1.29, 1.82) is 0 Å². The third kappa shape index (κ3) is 2.91. The Kier molecular flexibility index (Phi) is 4.02. The van der Waals surface area contributed by atoms with Gasteiger partial charge in [0, 0.05) is 28.4 Å². The van der Waals surface area contributed by atoms with Gasteiger partial charge in [0.25, 0.3) is 0 Å². The van der Waals surface area contributed by atoms with Crippen LogP contribution in [-0.4, -0.2) is 17.6 Å². The summed E-state index contributed by atoms with van der Waals surface area (Å²) in [6, 6.07) is 13.8. The van der Waals surface area contributed by atoms with Crippen LogP contribution in [0.5, 0.6) is 0 Å². The van der Waals surface area contributed by atoms with E-state index in [9.17, 15) is 9.59 Å². The lowest BCUT2D eigenvalue weighted by Gasteiger charge is -2.14. The summed E-state index contributed by atoms with van der Waals surface area (Å²) in [5.74, 6) is 0.770. The highest BCUT2D eigenvalue weighted by molar-refractivity contribution is 7.99. The van der Waals surface area contributed by atoms with Crippen molar-refractivity contribution in [2.45, 2.75) is 30.1 Å². The zero-order chi connectivity index (χ0) is 16.5. The number of carbonyl (C=O) groups excluding carboxylic acids is 2. The first-order chi connectivity index (χ1) is 11.7. The van der Waals surface area contributed by atoms with Gasteiger partial charge in [-0.25, -0.2) is 0 Å². The fraction of sp³-hybridized carbons (Fsp3) is 0.263. The van der Waals surface area contributed by atoms with Gasteiger partial charge in [-0.3, -0.25) is 9.59 Å². The smallest absolute Gasteiger partial charge is 0.232 e. The van der Waals surface area contributed by atoms with Gasteiger partial charge in [-0.15, -0.1) is 11.8 Å². The summed E-state index contributed by atoms with van der Waals surface area (Å²) >= 11 is 1.73. The summed E-state index contributed by atoms with van der Waals surface area (Å²) in [5.41, 5.74) is 3.85. The fourth-order valence-electron chi connectivity index (χ4n) is 3.26. The fourth-order valence-corrected chi connectivity index (χ4v) is 4.49. The molecule has 0 aliphatic carbocycles. The van der Waals surface area contributed by atoms with Crippen molar-refractivity contribution in [3.8, 4) is 0 Å². The van der Waals surface area contributed by atoms with E-state index >= 15 is 0 Å². The number of anilines is 2. The Bertz CT molecular complexity index is 819. The second-order valence-electron chi connectivity index (χ2n) is 6.16. The minimum Gasteiger partial charge on any atom is -0.326 e. The van der Waals surface area contributed by atoms with Gasteiger partial charge in [0.05, 0.1) is 5.92 Å². The van der Waals surface area contributed by atoms with Crippen LogP contribution in [0.1, 0.15) is 29.9 Å². The number of nitrogens with one attached hydrogen (secondary N) is 2. The van der Waals surface area contributed by atoms with Gasteiger partial charge in [0.1, 0.15) is 0 Å². The molecule has 122 valence electrons. The first-order valence-electron chi connectivity index (χ1n) is 8.16. The molecular weight excluding hydrogens is 320 g/mol. The Morgan fingerprint density at radius 2 is 2.04 bits per heavy atom. The molecule has 2 aliphatic heterocycles. The molecule has 2 aliphatic rings. The summed E-state index contributed by atoms with van der Waals surface area (Å²) in [4.78, 5) is 25.5. The van der Waals surface area contributed by atoms with Crippen LogP contribution in [0.3, 0.4) is 0 Å². The van der Waals surface area contributed by atoms with E-state index in [4.69, 9.17) is 0 Å². The number of hydrogen-bond acceptors (Lipinski definition) is 3.